The van der Waals surface area contributed by atoms with Crippen LogP contribution in [-0.2, 0) is 10.0 Å². The highest BCUT2D eigenvalue weighted by Crippen LogP contribution is 2.30. The molecule has 6 heteroatoms. The first kappa shape index (κ1) is 13.6. The third-order valence-electron chi connectivity index (χ3n) is 1.85. The molecule has 0 saturated carbocycles. The Hall–Kier alpha value is -1.43. The first-order valence-electron chi connectivity index (χ1n) is 5.33. The van der Waals surface area contributed by atoms with E-state index < -0.39 is 10.0 Å². The predicted octanol–water partition coefficient (Wildman–Crippen LogP) is 1.86. The molecule has 0 aliphatic heterocycles. The molecule has 0 atom stereocenters. The van der Waals surface area contributed by atoms with Gasteiger partial charge in [0.1, 0.15) is 0 Å². The Balaban J connectivity index is 3.00. The summed E-state index contributed by atoms with van der Waals surface area (Å²) in [5.41, 5.74) is 0.458. The number of anilines is 1. The maximum absolute atomic E-state index is 11.1. The summed E-state index contributed by atoms with van der Waals surface area (Å²) >= 11 is 0. The first-order chi connectivity index (χ1) is 7.96. The monoisotopic (exact) mass is 259 g/mol. The molecule has 0 bridgehead atoms. The third-order valence-corrected chi connectivity index (χ3v) is 2.45. The minimum Gasteiger partial charge on any atom is -0.490 e. The summed E-state index contributed by atoms with van der Waals surface area (Å²) in [7, 11) is -3.28. The zero-order chi connectivity index (χ0) is 12.9. The molecule has 1 rings (SSSR count). The van der Waals surface area contributed by atoms with Gasteiger partial charge in [-0.1, -0.05) is 0 Å². The van der Waals surface area contributed by atoms with E-state index in [-0.39, 0.29) is 0 Å². The van der Waals surface area contributed by atoms with E-state index in [0.29, 0.717) is 30.4 Å². The van der Waals surface area contributed by atoms with Crippen molar-refractivity contribution in [2.45, 2.75) is 13.8 Å². The Kier molecular flexibility index (Phi) is 4.62. The van der Waals surface area contributed by atoms with Crippen LogP contribution in [0, 0.1) is 0 Å². The smallest absolute Gasteiger partial charge is 0.229 e. The molecule has 5 nitrogen and oxygen atoms in total. The lowest BCUT2D eigenvalue weighted by molar-refractivity contribution is 0.288. The number of sulfonamides is 1. The van der Waals surface area contributed by atoms with Crippen LogP contribution in [0.4, 0.5) is 5.69 Å². The van der Waals surface area contributed by atoms with Gasteiger partial charge in [0.15, 0.2) is 11.5 Å². The average Bonchev–Trinajstić information content (AvgIpc) is 2.20. The highest BCUT2D eigenvalue weighted by Gasteiger charge is 2.08. The van der Waals surface area contributed by atoms with Gasteiger partial charge in [-0.3, -0.25) is 4.72 Å². The number of rotatable bonds is 6. The summed E-state index contributed by atoms with van der Waals surface area (Å²) in [6, 6.07) is 4.92. The standard InChI is InChI=1S/C11H17NO4S/c1-4-15-10-7-6-9(12-17(3,13)14)8-11(10)16-5-2/h6-8,12H,4-5H2,1-3H3. The molecule has 0 fully saturated rings. The summed E-state index contributed by atoms with van der Waals surface area (Å²) in [6.45, 7) is 4.74. The predicted molar refractivity (Wildman–Crippen MR) is 67.2 cm³/mol. The molecule has 0 aliphatic carbocycles. The van der Waals surface area contributed by atoms with Crippen molar-refractivity contribution in [3.63, 3.8) is 0 Å². The van der Waals surface area contributed by atoms with Crippen molar-refractivity contribution in [3.05, 3.63) is 18.2 Å². The fourth-order valence-corrected chi connectivity index (χ4v) is 1.88. The molecular formula is C11H17NO4S. The van der Waals surface area contributed by atoms with E-state index in [0.717, 1.165) is 6.26 Å². The SMILES string of the molecule is CCOc1ccc(NS(C)(=O)=O)cc1OCC. The lowest BCUT2D eigenvalue weighted by Gasteiger charge is -2.12. The molecule has 0 heterocycles. The number of hydrogen-bond donors (Lipinski definition) is 1. The van der Waals surface area contributed by atoms with E-state index in [1.807, 2.05) is 13.8 Å². The summed E-state index contributed by atoms with van der Waals surface area (Å²) in [5, 5.41) is 0. The van der Waals surface area contributed by atoms with Crippen LogP contribution in [0.1, 0.15) is 13.8 Å². The molecule has 96 valence electrons. The lowest BCUT2D eigenvalue weighted by atomic mass is 10.3. The quantitative estimate of drug-likeness (QED) is 0.846. The van der Waals surface area contributed by atoms with E-state index in [1.54, 1.807) is 18.2 Å². The minimum atomic E-state index is -3.28. The van der Waals surface area contributed by atoms with Gasteiger partial charge in [-0.2, -0.15) is 0 Å². The molecule has 0 radical (unpaired) electrons. The van der Waals surface area contributed by atoms with E-state index in [9.17, 15) is 8.42 Å². The zero-order valence-corrected chi connectivity index (χ0v) is 11.0. The highest BCUT2D eigenvalue weighted by atomic mass is 32.2. The van der Waals surface area contributed by atoms with Crippen molar-refractivity contribution in [2.24, 2.45) is 0 Å². The summed E-state index contributed by atoms with van der Waals surface area (Å²) in [6.07, 6.45) is 1.10. The molecule has 1 N–H and O–H groups in total. The van der Waals surface area contributed by atoms with Gasteiger partial charge in [0.05, 0.1) is 25.2 Å². The summed E-state index contributed by atoms with van der Waals surface area (Å²) < 4.78 is 35.3. The highest BCUT2D eigenvalue weighted by molar-refractivity contribution is 7.92. The number of benzene rings is 1. The molecule has 0 saturated heterocycles. The van der Waals surface area contributed by atoms with Crippen LogP contribution in [0.5, 0.6) is 11.5 Å². The molecule has 0 amide bonds. The van der Waals surface area contributed by atoms with E-state index in [1.165, 1.54) is 0 Å². The number of nitrogens with one attached hydrogen (secondary N) is 1. The van der Waals surface area contributed by atoms with Gasteiger partial charge >= 0.3 is 0 Å². The van der Waals surface area contributed by atoms with Crippen LogP contribution in [0.15, 0.2) is 18.2 Å². The van der Waals surface area contributed by atoms with Crippen LogP contribution in [0.2, 0.25) is 0 Å². The van der Waals surface area contributed by atoms with Gasteiger partial charge in [-0.15, -0.1) is 0 Å². The van der Waals surface area contributed by atoms with Crippen molar-refractivity contribution in [1.29, 1.82) is 0 Å². The Bertz CT molecular complexity index is 470. The summed E-state index contributed by atoms with van der Waals surface area (Å²) in [4.78, 5) is 0. The molecule has 0 aromatic heterocycles. The summed E-state index contributed by atoms with van der Waals surface area (Å²) in [5.74, 6) is 1.14. The number of ether oxygens (including phenoxy) is 2. The Morgan fingerprint density at radius 3 is 2.24 bits per heavy atom. The molecule has 17 heavy (non-hydrogen) atoms. The van der Waals surface area contributed by atoms with Crippen LogP contribution in [0.25, 0.3) is 0 Å². The third kappa shape index (κ3) is 4.52. The van der Waals surface area contributed by atoms with Crippen molar-refractivity contribution >= 4 is 15.7 Å². The molecule has 0 unspecified atom stereocenters. The first-order valence-corrected chi connectivity index (χ1v) is 7.22. The van der Waals surface area contributed by atoms with Crippen molar-refractivity contribution in [2.75, 3.05) is 24.2 Å². The van der Waals surface area contributed by atoms with E-state index in [4.69, 9.17) is 9.47 Å². The normalized spacial score (nSPS) is 11.0. The van der Waals surface area contributed by atoms with Crippen molar-refractivity contribution in [1.82, 2.24) is 0 Å². The zero-order valence-electron chi connectivity index (χ0n) is 10.2. The molecule has 0 spiro atoms. The van der Waals surface area contributed by atoms with Gasteiger partial charge in [-0.25, -0.2) is 8.42 Å². The maximum atomic E-state index is 11.1. The topological polar surface area (TPSA) is 64.6 Å². The molecule has 1 aromatic rings. The minimum absolute atomic E-state index is 0.458. The lowest BCUT2D eigenvalue weighted by Crippen LogP contribution is -2.09. The second kappa shape index (κ2) is 5.77. The van der Waals surface area contributed by atoms with Gasteiger partial charge in [0.25, 0.3) is 0 Å². The number of hydrogen-bond acceptors (Lipinski definition) is 4. The van der Waals surface area contributed by atoms with Gasteiger partial charge in [0.2, 0.25) is 10.0 Å². The second-order valence-corrected chi connectivity index (χ2v) is 5.15. The largest absolute Gasteiger partial charge is 0.490 e. The molecular weight excluding hydrogens is 242 g/mol. The average molecular weight is 259 g/mol. The fraction of sp³-hybridized carbons (Fsp3) is 0.455. The Morgan fingerprint density at radius 1 is 1.12 bits per heavy atom. The van der Waals surface area contributed by atoms with Crippen LogP contribution >= 0.6 is 0 Å². The van der Waals surface area contributed by atoms with Crippen molar-refractivity contribution < 1.29 is 17.9 Å². The maximum Gasteiger partial charge on any atom is 0.229 e. The van der Waals surface area contributed by atoms with Crippen LogP contribution in [0.3, 0.4) is 0 Å². The van der Waals surface area contributed by atoms with Gasteiger partial charge < -0.3 is 9.47 Å². The second-order valence-electron chi connectivity index (χ2n) is 3.40. The molecule has 1 aromatic carbocycles. The molecule has 0 aliphatic rings. The van der Waals surface area contributed by atoms with E-state index >= 15 is 0 Å². The Labute approximate surface area is 102 Å². The fourth-order valence-electron chi connectivity index (χ4n) is 1.33. The van der Waals surface area contributed by atoms with Crippen molar-refractivity contribution in [3.8, 4) is 11.5 Å². The van der Waals surface area contributed by atoms with Crippen LogP contribution in [-0.4, -0.2) is 27.9 Å². The van der Waals surface area contributed by atoms with Gasteiger partial charge in [-0.05, 0) is 26.0 Å². The Morgan fingerprint density at radius 2 is 1.71 bits per heavy atom. The van der Waals surface area contributed by atoms with Crippen LogP contribution < -0.4 is 14.2 Å². The van der Waals surface area contributed by atoms with Gasteiger partial charge in [0, 0.05) is 6.07 Å². The van der Waals surface area contributed by atoms with E-state index in [2.05, 4.69) is 4.72 Å².